The molecule has 7 nitrogen and oxygen atoms in total. The number of benzene rings is 2. The van der Waals surface area contributed by atoms with Crippen molar-refractivity contribution in [3.63, 3.8) is 0 Å². The molecule has 0 saturated heterocycles. The highest BCUT2D eigenvalue weighted by molar-refractivity contribution is 6.31. The Balaban J connectivity index is 1.65. The summed E-state index contributed by atoms with van der Waals surface area (Å²) in [6.45, 7) is 1.65. The number of hydrogen-bond acceptors (Lipinski definition) is 5. The second kappa shape index (κ2) is 9.16. The maximum absolute atomic E-state index is 12.3. The first kappa shape index (κ1) is 20.3. The van der Waals surface area contributed by atoms with Gasteiger partial charge in [0, 0.05) is 10.7 Å². The predicted molar refractivity (Wildman–Crippen MR) is 110 cm³/mol. The predicted octanol–water partition coefficient (Wildman–Crippen LogP) is 4.52. The number of amides is 2. The molecule has 0 atom stereocenters. The number of halogens is 1. The van der Waals surface area contributed by atoms with E-state index >= 15 is 0 Å². The van der Waals surface area contributed by atoms with Crippen molar-refractivity contribution in [3.05, 3.63) is 71.1 Å². The van der Waals surface area contributed by atoms with Crippen LogP contribution in [0.1, 0.15) is 16.1 Å². The van der Waals surface area contributed by atoms with E-state index < -0.39 is 5.91 Å². The minimum atomic E-state index is -0.404. The van der Waals surface area contributed by atoms with E-state index in [1.165, 1.54) is 13.4 Å². The average Bonchev–Trinajstić information content (AvgIpc) is 3.24. The molecule has 3 aromatic rings. The molecule has 0 radical (unpaired) electrons. The van der Waals surface area contributed by atoms with Gasteiger partial charge in [0.25, 0.3) is 11.8 Å². The topological polar surface area (TPSA) is 89.8 Å². The van der Waals surface area contributed by atoms with Gasteiger partial charge in [0.2, 0.25) is 0 Å². The van der Waals surface area contributed by atoms with Crippen molar-refractivity contribution in [2.24, 2.45) is 0 Å². The highest BCUT2D eigenvalue weighted by Crippen LogP contribution is 2.28. The Morgan fingerprint density at radius 3 is 2.62 bits per heavy atom. The molecule has 2 N–H and O–H groups in total. The van der Waals surface area contributed by atoms with Crippen molar-refractivity contribution in [2.45, 2.75) is 6.92 Å². The first-order chi connectivity index (χ1) is 14.0. The van der Waals surface area contributed by atoms with Crippen molar-refractivity contribution >= 4 is 34.8 Å². The minimum Gasteiger partial charge on any atom is -0.495 e. The summed E-state index contributed by atoms with van der Waals surface area (Å²) in [4.78, 5) is 24.4. The van der Waals surface area contributed by atoms with Crippen molar-refractivity contribution in [3.8, 4) is 11.5 Å². The van der Waals surface area contributed by atoms with Crippen LogP contribution in [0.2, 0.25) is 5.02 Å². The zero-order valence-corrected chi connectivity index (χ0v) is 16.6. The van der Waals surface area contributed by atoms with Crippen LogP contribution in [0.4, 0.5) is 11.4 Å². The van der Waals surface area contributed by atoms with Gasteiger partial charge in [-0.1, -0.05) is 11.6 Å². The van der Waals surface area contributed by atoms with Crippen LogP contribution >= 0.6 is 11.6 Å². The number of rotatable bonds is 7. The van der Waals surface area contributed by atoms with Crippen LogP contribution in [0.25, 0.3) is 0 Å². The first-order valence-electron chi connectivity index (χ1n) is 8.68. The highest BCUT2D eigenvalue weighted by Gasteiger charge is 2.13. The molecule has 0 aliphatic heterocycles. The zero-order valence-electron chi connectivity index (χ0n) is 15.8. The van der Waals surface area contributed by atoms with Gasteiger partial charge < -0.3 is 24.5 Å². The molecule has 0 spiro atoms. The highest BCUT2D eigenvalue weighted by atomic mass is 35.5. The lowest BCUT2D eigenvalue weighted by molar-refractivity contribution is -0.118. The van der Waals surface area contributed by atoms with Crippen LogP contribution < -0.4 is 20.1 Å². The second-order valence-corrected chi connectivity index (χ2v) is 6.50. The van der Waals surface area contributed by atoms with Crippen LogP contribution in [0, 0.1) is 6.92 Å². The van der Waals surface area contributed by atoms with Crippen molar-refractivity contribution in [2.75, 3.05) is 24.4 Å². The molecule has 0 bridgehead atoms. The molecule has 1 heterocycles. The van der Waals surface area contributed by atoms with E-state index in [1.54, 1.807) is 48.5 Å². The zero-order chi connectivity index (χ0) is 20.8. The van der Waals surface area contributed by atoms with Gasteiger partial charge in [-0.05, 0) is 61.0 Å². The van der Waals surface area contributed by atoms with Gasteiger partial charge in [0.15, 0.2) is 12.4 Å². The number of carbonyl (C=O) groups excluding carboxylic acids is 2. The van der Waals surface area contributed by atoms with Crippen LogP contribution in [0.3, 0.4) is 0 Å². The molecule has 0 aliphatic carbocycles. The van der Waals surface area contributed by atoms with Gasteiger partial charge >= 0.3 is 0 Å². The molecule has 0 fully saturated rings. The molecule has 0 aliphatic rings. The second-order valence-electron chi connectivity index (χ2n) is 6.09. The molecule has 0 saturated carbocycles. The minimum absolute atomic E-state index is 0.179. The van der Waals surface area contributed by atoms with Crippen LogP contribution in [0.15, 0.2) is 59.2 Å². The van der Waals surface area contributed by atoms with Crippen molar-refractivity contribution in [1.82, 2.24) is 0 Å². The number of methoxy groups -OCH3 is 1. The molecule has 3 rings (SSSR count). The van der Waals surface area contributed by atoms with E-state index in [0.29, 0.717) is 27.9 Å². The SMILES string of the molecule is COc1ccc(NC(=O)c2ccco2)cc1NC(=O)COc1ccc(Cl)c(C)c1. The Kier molecular flexibility index (Phi) is 6.41. The van der Waals surface area contributed by atoms with Crippen LogP contribution in [0.5, 0.6) is 11.5 Å². The summed E-state index contributed by atoms with van der Waals surface area (Å²) >= 11 is 5.98. The van der Waals surface area contributed by atoms with E-state index in [1.807, 2.05) is 6.92 Å². The molecule has 29 heavy (non-hydrogen) atoms. The summed E-state index contributed by atoms with van der Waals surface area (Å²) in [5.74, 6) is 0.368. The summed E-state index contributed by atoms with van der Waals surface area (Å²) in [5.41, 5.74) is 1.72. The standard InChI is InChI=1S/C21H19ClN2O5/c1-13-10-15(6-7-16(13)22)29-12-20(25)24-17-11-14(5-8-18(17)27-2)23-21(26)19-4-3-9-28-19/h3-11H,12H2,1-2H3,(H,23,26)(H,24,25). The molecule has 2 aromatic carbocycles. The number of nitrogens with one attached hydrogen (secondary N) is 2. The Morgan fingerprint density at radius 1 is 1.10 bits per heavy atom. The Hall–Kier alpha value is -3.45. The van der Waals surface area contributed by atoms with E-state index in [-0.39, 0.29) is 18.3 Å². The fourth-order valence-electron chi connectivity index (χ4n) is 2.53. The fourth-order valence-corrected chi connectivity index (χ4v) is 2.64. The smallest absolute Gasteiger partial charge is 0.291 e. The van der Waals surface area contributed by atoms with E-state index in [2.05, 4.69) is 10.6 Å². The summed E-state index contributed by atoms with van der Waals surface area (Å²) in [6.07, 6.45) is 1.41. The number of hydrogen-bond donors (Lipinski definition) is 2. The summed E-state index contributed by atoms with van der Waals surface area (Å²) in [7, 11) is 1.49. The van der Waals surface area contributed by atoms with E-state index in [0.717, 1.165) is 5.56 Å². The lowest BCUT2D eigenvalue weighted by atomic mass is 10.2. The molecular formula is C21H19ClN2O5. The Labute approximate surface area is 172 Å². The summed E-state index contributed by atoms with van der Waals surface area (Å²) < 4.78 is 15.8. The van der Waals surface area contributed by atoms with E-state index in [4.69, 9.17) is 25.5 Å². The summed E-state index contributed by atoms with van der Waals surface area (Å²) in [5, 5.41) is 6.04. The number of carbonyl (C=O) groups is 2. The lowest BCUT2D eigenvalue weighted by Crippen LogP contribution is -2.21. The maximum Gasteiger partial charge on any atom is 0.291 e. The van der Waals surface area contributed by atoms with Crippen molar-refractivity contribution < 1.29 is 23.5 Å². The largest absolute Gasteiger partial charge is 0.495 e. The number of ether oxygens (including phenoxy) is 2. The van der Waals surface area contributed by atoms with Crippen molar-refractivity contribution in [1.29, 1.82) is 0 Å². The quantitative estimate of drug-likeness (QED) is 0.593. The molecule has 1 aromatic heterocycles. The molecule has 0 unspecified atom stereocenters. The van der Waals surface area contributed by atoms with Gasteiger partial charge in [0.05, 0.1) is 19.1 Å². The number of aryl methyl sites for hydroxylation is 1. The van der Waals surface area contributed by atoms with Crippen LogP contribution in [-0.4, -0.2) is 25.5 Å². The third kappa shape index (κ3) is 5.30. The molecule has 8 heteroatoms. The lowest BCUT2D eigenvalue weighted by Gasteiger charge is -2.13. The van der Waals surface area contributed by atoms with Gasteiger partial charge in [-0.25, -0.2) is 0 Å². The average molecular weight is 415 g/mol. The third-order valence-electron chi connectivity index (χ3n) is 3.98. The monoisotopic (exact) mass is 414 g/mol. The molecular weight excluding hydrogens is 396 g/mol. The molecule has 150 valence electrons. The van der Waals surface area contributed by atoms with Crippen LogP contribution in [-0.2, 0) is 4.79 Å². The van der Waals surface area contributed by atoms with E-state index in [9.17, 15) is 9.59 Å². The normalized spacial score (nSPS) is 10.3. The Bertz CT molecular complexity index is 1020. The molecule has 2 amide bonds. The first-order valence-corrected chi connectivity index (χ1v) is 9.06. The number of anilines is 2. The fraction of sp³-hybridized carbons (Fsp3) is 0.143. The van der Waals surface area contributed by atoms with Gasteiger partial charge in [0.1, 0.15) is 11.5 Å². The Morgan fingerprint density at radius 2 is 1.93 bits per heavy atom. The summed E-state index contributed by atoms with van der Waals surface area (Å²) in [6, 6.07) is 13.2. The third-order valence-corrected chi connectivity index (χ3v) is 4.40. The van der Waals surface area contributed by atoms with Gasteiger partial charge in [-0.15, -0.1) is 0 Å². The number of furan rings is 1. The van der Waals surface area contributed by atoms with Gasteiger partial charge in [-0.2, -0.15) is 0 Å². The maximum atomic E-state index is 12.3. The van der Waals surface area contributed by atoms with Gasteiger partial charge in [-0.3, -0.25) is 9.59 Å².